The molecular formula is C13H18FN. The number of nitrogens with one attached hydrogen (secondary N) is 1. The van der Waals surface area contributed by atoms with E-state index in [2.05, 4.69) is 11.4 Å². The summed E-state index contributed by atoms with van der Waals surface area (Å²) in [4.78, 5) is 0. The third-order valence-electron chi connectivity index (χ3n) is 3.23. The summed E-state index contributed by atoms with van der Waals surface area (Å²) in [5.41, 5.74) is 2.07. The summed E-state index contributed by atoms with van der Waals surface area (Å²) >= 11 is 0. The maximum atomic E-state index is 12.7. The van der Waals surface area contributed by atoms with Crippen LogP contribution in [0.15, 0.2) is 24.3 Å². The van der Waals surface area contributed by atoms with Crippen LogP contribution in [0, 0.1) is 5.92 Å². The maximum Gasteiger partial charge on any atom is 0.115 e. The molecule has 1 fully saturated rings. The SMILES string of the molecule is FCc1ccccc1CC1CCNCC1. The minimum atomic E-state index is -0.332. The summed E-state index contributed by atoms with van der Waals surface area (Å²) in [6.07, 6.45) is 3.49. The first-order chi connectivity index (χ1) is 7.40. The second kappa shape index (κ2) is 5.26. The van der Waals surface area contributed by atoms with Crippen molar-refractivity contribution >= 4 is 0 Å². The van der Waals surface area contributed by atoms with Crippen molar-refractivity contribution in [3.05, 3.63) is 35.4 Å². The van der Waals surface area contributed by atoms with Gasteiger partial charge in [0.2, 0.25) is 0 Å². The van der Waals surface area contributed by atoms with Crippen LogP contribution in [0.25, 0.3) is 0 Å². The minimum Gasteiger partial charge on any atom is -0.317 e. The number of halogens is 1. The van der Waals surface area contributed by atoms with E-state index in [1.165, 1.54) is 18.4 Å². The molecule has 2 heteroatoms. The van der Waals surface area contributed by atoms with Crippen LogP contribution in [0.5, 0.6) is 0 Å². The van der Waals surface area contributed by atoms with E-state index >= 15 is 0 Å². The summed E-state index contributed by atoms with van der Waals surface area (Å²) in [6.45, 7) is 1.89. The second-order valence-electron chi connectivity index (χ2n) is 4.30. The van der Waals surface area contributed by atoms with E-state index in [4.69, 9.17) is 0 Å². The average molecular weight is 207 g/mol. The van der Waals surface area contributed by atoms with Crippen molar-refractivity contribution in [2.45, 2.75) is 25.9 Å². The fraction of sp³-hybridized carbons (Fsp3) is 0.538. The predicted octanol–water partition coefficient (Wildman–Crippen LogP) is 2.70. The average Bonchev–Trinajstić information content (AvgIpc) is 2.31. The van der Waals surface area contributed by atoms with Crippen molar-refractivity contribution in [3.8, 4) is 0 Å². The van der Waals surface area contributed by atoms with Crippen molar-refractivity contribution in [3.63, 3.8) is 0 Å². The van der Waals surface area contributed by atoms with Gasteiger partial charge in [0.1, 0.15) is 6.67 Å². The van der Waals surface area contributed by atoms with Gasteiger partial charge in [0.05, 0.1) is 0 Å². The minimum absolute atomic E-state index is 0.332. The van der Waals surface area contributed by atoms with Crippen LogP contribution in [0.4, 0.5) is 4.39 Å². The molecule has 1 aliphatic rings. The molecule has 1 heterocycles. The monoisotopic (exact) mass is 207 g/mol. The Hall–Kier alpha value is -0.890. The molecule has 2 rings (SSSR count). The Morgan fingerprint density at radius 2 is 1.80 bits per heavy atom. The molecule has 0 atom stereocenters. The topological polar surface area (TPSA) is 12.0 Å². The Morgan fingerprint density at radius 1 is 1.13 bits per heavy atom. The molecule has 0 unspecified atom stereocenters. The van der Waals surface area contributed by atoms with Crippen molar-refractivity contribution in [2.75, 3.05) is 13.1 Å². The molecule has 82 valence electrons. The lowest BCUT2D eigenvalue weighted by molar-refractivity contribution is 0.370. The highest BCUT2D eigenvalue weighted by Gasteiger charge is 2.14. The van der Waals surface area contributed by atoms with Gasteiger partial charge in [-0.25, -0.2) is 4.39 Å². The quantitative estimate of drug-likeness (QED) is 0.803. The molecular weight excluding hydrogens is 189 g/mol. The molecule has 1 aliphatic heterocycles. The van der Waals surface area contributed by atoms with Crippen LogP contribution in [0.3, 0.4) is 0 Å². The standard InChI is InChI=1S/C13H18FN/c14-10-13-4-2-1-3-12(13)9-11-5-7-15-8-6-11/h1-4,11,15H,5-10H2. The first-order valence-corrected chi connectivity index (χ1v) is 5.73. The van der Waals surface area contributed by atoms with Crippen molar-refractivity contribution in [1.82, 2.24) is 5.32 Å². The highest BCUT2D eigenvalue weighted by molar-refractivity contribution is 5.26. The zero-order valence-corrected chi connectivity index (χ0v) is 9.01. The molecule has 1 N–H and O–H groups in total. The fourth-order valence-corrected chi connectivity index (χ4v) is 2.28. The lowest BCUT2D eigenvalue weighted by atomic mass is 9.89. The van der Waals surface area contributed by atoms with E-state index in [1.807, 2.05) is 18.2 Å². The molecule has 0 bridgehead atoms. The highest BCUT2D eigenvalue weighted by atomic mass is 19.1. The molecule has 1 aromatic rings. The van der Waals surface area contributed by atoms with Gasteiger partial charge in [-0.3, -0.25) is 0 Å². The molecule has 0 spiro atoms. The van der Waals surface area contributed by atoms with Crippen molar-refractivity contribution < 1.29 is 4.39 Å². The smallest absolute Gasteiger partial charge is 0.115 e. The van der Waals surface area contributed by atoms with Gasteiger partial charge in [-0.1, -0.05) is 24.3 Å². The molecule has 0 amide bonds. The zero-order valence-electron chi connectivity index (χ0n) is 9.01. The number of benzene rings is 1. The molecule has 0 saturated carbocycles. The Labute approximate surface area is 90.7 Å². The zero-order chi connectivity index (χ0) is 10.5. The second-order valence-corrected chi connectivity index (χ2v) is 4.30. The number of piperidine rings is 1. The van der Waals surface area contributed by atoms with Crippen molar-refractivity contribution in [1.29, 1.82) is 0 Å². The fourth-order valence-electron chi connectivity index (χ4n) is 2.28. The van der Waals surface area contributed by atoms with E-state index in [0.29, 0.717) is 0 Å². The highest BCUT2D eigenvalue weighted by Crippen LogP contribution is 2.20. The number of rotatable bonds is 3. The van der Waals surface area contributed by atoms with Crippen LogP contribution in [-0.2, 0) is 13.1 Å². The lowest BCUT2D eigenvalue weighted by Crippen LogP contribution is -2.28. The van der Waals surface area contributed by atoms with E-state index in [1.54, 1.807) is 0 Å². The Bertz CT molecular complexity index is 305. The molecule has 0 aliphatic carbocycles. The number of alkyl halides is 1. The third-order valence-corrected chi connectivity index (χ3v) is 3.23. The van der Waals surface area contributed by atoms with Crippen LogP contribution in [-0.4, -0.2) is 13.1 Å². The molecule has 15 heavy (non-hydrogen) atoms. The van der Waals surface area contributed by atoms with Gasteiger partial charge in [0, 0.05) is 0 Å². The van der Waals surface area contributed by atoms with E-state index in [0.717, 1.165) is 31.0 Å². The summed E-state index contributed by atoms with van der Waals surface area (Å²) in [6, 6.07) is 7.89. The van der Waals surface area contributed by atoms with E-state index < -0.39 is 0 Å². The number of hydrogen-bond acceptors (Lipinski definition) is 1. The van der Waals surface area contributed by atoms with Gasteiger partial charge < -0.3 is 5.32 Å². The summed E-state index contributed by atoms with van der Waals surface area (Å²) in [5.74, 6) is 0.735. The Balaban J connectivity index is 2.02. The van der Waals surface area contributed by atoms with Crippen LogP contribution in [0.1, 0.15) is 24.0 Å². The van der Waals surface area contributed by atoms with Crippen molar-refractivity contribution in [2.24, 2.45) is 5.92 Å². The normalized spacial score (nSPS) is 17.9. The van der Waals surface area contributed by atoms with Gasteiger partial charge in [-0.05, 0) is 49.4 Å². The molecule has 1 saturated heterocycles. The Morgan fingerprint density at radius 3 is 2.47 bits per heavy atom. The molecule has 0 aromatic heterocycles. The molecule has 1 aromatic carbocycles. The third kappa shape index (κ3) is 2.78. The molecule has 1 nitrogen and oxygen atoms in total. The lowest BCUT2D eigenvalue weighted by Gasteiger charge is -2.23. The first kappa shape index (κ1) is 10.6. The van der Waals surface area contributed by atoms with Gasteiger partial charge in [-0.15, -0.1) is 0 Å². The predicted molar refractivity (Wildman–Crippen MR) is 60.6 cm³/mol. The Kier molecular flexibility index (Phi) is 3.73. The molecule has 0 radical (unpaired) electrons. The first-order valence-electron chi connectivity index (χ1n) is 5.73. The largest absolute Gasteiger partial charge is 0.317 e. The van der Waals surface area contributed by atoms with Gasteiger partial charge in [0.25, 0.3) is 0 Å². The summed E-state index contributed by atoms with van der Waals surface area (Å²) in [7, 11) is 0. The van der Waals surface area contributed by atoms with Gasteiger partial charge in [-0.2, -0.15) is 0 Å². The summed E-state index contributed by atoms with van der Waals surface area (Å²) < 4.78 is 12.7. The van der Waals surface area contributed by atoms with Gasteiger partial charge in [0.15, 0.2) is 0 Å². The van der Waals surface area contributed by atoms with Gasteiger partial charge >= 0.3 is 0 Å². The van der Waals surface area contributed by atoms with Crippen LogP contribution >= 0.6 is 0 Å². The van der Waals surface area contributed by atoms with E-state index in [9.17, 15) is 4.39 Å². The van der Waals surface area contributed by atoms with E-state index in [-0.39, 0.29) is 6.67 Å². The number of hydrogen-bond donors (Lipinski definition) is 1. The van der Waals surface area contributed by atoms with Crippen LogP contribution < -0.4 is 5.32 Å². The van der Waals surface area contributed by atoms with Crippen LogP contribution in [0.2, 0.25) is 0 Å². The maximum absolute atomic E-state index is 12.7. The summed E-state index contributed by atoms with van der Waals surface area (Å²) in [5, 5.41) is 3.36.